The summed E-state index contributed by atoms with van der Waals surface area (Å²) in [5, 5.41) is 13.2. The fraction of sp³-hybridized carbons (Fsp3) is 0.370. The number of carboxylic acid groups (broad SMARTS) is 1. The van der Waals surface area contributed by atoms with Gasteiger partial charge in [-0.3, -0.25) is 19.0 Å². The highest BCUT2D eigenvalue weighted by Crippen LogP contribution is 2.29. The van der Waals surface area contributed by atoms with Crippen molar-refractivity contribution in [1.82, 2.24) is 29.2 Å². The first-order chi connectivity index (χ1) is 19.8. The molecule has 0 aromatic carbocycles. The Morgan fingerprint density at radius 3 is 2.76 bits per heavy atom. The second-order valence-corrected chi connectivity index (χ2v) is 11.0. The monoisotopic (exact) mass is 577 g/mol. The number of aromatic carboxylic acids is 1. The molecule has 212 valence electrons. The van der Waals surface area contributed by atoms with Crippen LogP contribution in [0.2, 0.25) is 0 Å². The Kier molecular flexibility index (Phi) is 7.09. The van der Waals surface area contributed by atoms with Crippen molar-refractivity contribution in [3.63, 3.8) is 0 Å². The number of hydrogen-bond acceptors (Lipinski definition) is 10. The summed E-state index contributed by atoms with van der Waals surface area (Å²) in [6, 6.07) is 4.67. The molecule has 2 aliphatic heterocycles. The second-order valence-electron chi connectivity index (χ2n) is 10.2. The van der Waals surface area contributed by atoms with E-state index in [0.29, 0.717) is 47.5 Å². The lowest BCUT2D eigenvalue weighted by molar-refractivity contribution is -0.126. The van der Waals surface area contributed by atoms with Gasteiger partial charge in [-0.2, -0.15) is 9.36 Å². The third-order valence-electron chi connectivity index (χ3n) is 7.39. The number of carbonyl (C=O) groups is 2. The number of amides is 1. The van der Waals surface area contributed by atoms with Gasteiger partial charge in [-0.05, 0) is 43.9 Å². The maximum atomic E-state index is 13.2. The van der Waals surface area contributed by atoms with E-state index in [1.54, 1.807) is 19.1 Å². The van der Waals surface area contributed by atoms with Crippen molar-refractivity contribution in [2.45, 2.75) is 32.3 Å². The van der Waals surface area contributed by atoms with E-state index in [-0.39, 0.29) is 34.5 Å². The van der Waals surface area contributed by atoms with E-state index < -0.39 is 17.0 Å². The molecule has 0 spiro atoms. The van der Waals surface area contributed by atoms with E-state index in [4.69, 9.17) is 9.72 Å². The number of carbonyl (C=O) groups excluding carboxylic acids is 1. The molecule has 6 rings (SSSR count). The molecule has 13 nitrogen and oxygen atoms in total. The summed E-state index contributed by atoms with van der Waals surface area (Å²) in [4.78, 5) is 63.0. The summed E-state index contributed by atoms with van der Waals surface area (Å²) in [5.74, 6) is -0.699. The molecule has 4 aromatic heterocycles. The van der Waals surface area contributed by atoms with Crippen molar-refractivity contribution >= 4 is 40.3 Å². The van der Waals surface area contributed by atoms with Crippen LogP contribution in [0.1, 0.15) is 35.2 Å². The van der Waals surface area contributed by atoms with Gasteiger partial charge in [-0.1, -0.05) is 0 Å². The number of nitrogens with zero attached hydrogens (tertiary/aromatic N) is 5. The van der Waals surface area contributed by atoms with Gasteiger partial charge in [0.15, 0.2) is 11.5 Å². The second kappa shape index (κ2) is 10.9. The van der Waals surface area contributed by atoms with E-state index in [1.165, 1.54) is 23.0 Å². The minimum absolute atomic E-state index is 0.0282. The van der Waals surface area contributed by atoms with Crippen LogP contribution in [0, 0.1) is 12.8 Å². The van der Waals surface area contributed by atoms with Crippen LogP contribution in [0.5, 0.6) is 0 Å². The molecule has 6 heterocycles. The van der Waals surface area contributed by atoms with E-state index in [2.05, 4.69) is 19.7 Å². The van der Waals surface area contributed by atoms with Crippen LogP contribution in [0.4, 0.5) is 5.82 Å². The average molecular weight is 578 g/mol. The van der Waals surface area contributed by atoms with Crippen LogP contribution in [0.15, 0.2) is 40.2 Å². The maximum Gasteiger partial charge on any atom is 0.341 e. The molecular weight excluding hydrogens is 550 g/mol. The lowest BCUT2D eigenvalue weighted by Crippen LogP contribution is -2.55. The lowest BCUT2D eigenvalue weighted by atomic mass is 9.98. The topological polar surface area (TPSA) is 172 Å². The Balaban J connectivity index is 1.30. The van der Waals surface area contributed by atoms with Crippen LogP contribution in [-0.4, -0.2) is 73.2 Å². The molecule has 0 radical (unpaired) electrons. The molecule has 1 unspecified atom stereocenters. The van der Waals surface area contributed by atoms with Gasteiger partial charge in [0.1, 0.15) is 11.4 Å². The molecule has 2 saturated heterocycles. The van der Waals surface area contributed by atoms with Gasteiger partial charge in [0, 0.05) is 61.8 Å². The quantitative estimate of drug-likeness (QED) is 0.294. The Labute approximate surface area is 237 Å². The third-order valence-corrected chi connectivity index (χ3v) is 8.11. The molecule has 0 saturated carbocycles. The van der Waals surface area contributed by atoms with Crippen LogP contribution in [0.3, 0.4) is 0 Å². The van der Waals surface area contributed by atoms with Gasteiger partial charge in [-0.15, -0.1) is 0 Å². The van der Waals surface area contributed by atoms with Crippen molar-refractivity contribution in [3.05, 3.63) is 62.3 Å². The molecule has 2 fully saturated rings. The summed E-state index contributed by atoms with van der Waals surface area (Å²) in [6.07, 6.45) is 5.87. The van der Waals surface area contributed by atoms with Crippen LogP contribution in [0.25, 0.3) is 27.6 Å². The number of aromatic amines is 1. The number of ether oxygens (including phenoxy) is 1. The molecule has 2 aliphatic rings. The van der Waals surface area contributed by atoms with Gasteiger partial charge >= 0.3 is 5.97 Å². The summed E-state index contributed by atoms with van der Waals surface area (Å²) in [5.41, 5.74) is 0.0367. The zero-order chi connectivity index (χ0) is 28.7. The van der Waals surface area contributed by atoms with Gasteiger partial charge in [-0.25, -0.2) is 9.78 Å². The van der Waals surface area contributed by atoms with E-state index in [9.17, 15) is 24.3 Å². The molecule has 1 amide bonds. The predicted molar refractivity (Wildman–Crippen MR) is 151 cm³/mol. The molecule has 3 N–H and O–H groups in total. The van der Waals surface area contributed by atoms with Crippen LogP contribution >= 0.6 is 11.5 Å². The largest absolute Gasteiger partial charge is 0.477 e. The predicted octanol–water partition coefficient (Wildman–Crippen LogP) is 1.72. The standard InChI is InChI=1S/C27H27N7O6S/c1-14-8-19(33-11-16(12-33)25(37)29-10-17-4-2-3-7-40-17)30-24-21(14)22(36)18(26(38)39)13-34(24)27-31-23(32-41-27)15-5-6-20(35)28-9-15/h5-6,8-9,13,16-17H,2-4,7,10-12H2,1H3,(H,28,35)(H,29,37)(H,38,39). The van der Waals surface area contributed by atoms with Gasteiger partial charge in [0.25, 0.3) is 0 Å². The lowest BCUT2D eigenvalue weighted by Gasteiger charge is -2.39. The molecule has 0 aliphatic carbocycles. The number of rotatable bonds is 7. The van der Waals surface area contributed by atoms with Crippen LogP contribution < -0.4 is 21.2 Å². The summed E-state index contributed by atoms with van der Waals surface area (Å²) in [7, 11) is 0. The van der Waals surface area contributed by atoms with Crippen LogP contribution in [-0.2, 0) is 9.53 Å². The normalized spacial score (nSPS) is 17.4. The van der Waals surface area contributed by atoms with Crippen molar-refractivity contribution in [2.24, 2.45) is 5.92 Å². The highest BCUT2D eigenvalue weighted by molar-refractivity contribution is 7.08. The first-order valence-corrected chi connectivity index (χ1v) is 14.0. The molecule has 14 heteroatoms. The number of hydrogen-bond donors (Lipinski definition) is 3. The van der Waals surface area contributed by atoms with E-state index >= 15 is 0 Å². The van der Waals surface area contributed by atoms with Gasteiger partial charge < -0.3 is 25.0 Å². The Morgan fingerprint density at radius 2 is 2.05 bits per heavy atom. The maximum absolute atomic E-state index is 13.2. The van der Waals surface area contributed by atoms with Gasteiger partial charge in [0.05, 0.1) is 17.4 Å². The number of aromatic nitrogens is 5. The van der Waals surface area contributed by atoms with Crippen molar-refractivity contribution in [3.8, 4) is 16.5 Å². The molecule has 0 bridgehead atoms. The molecular formula is C27H27N7O6S. The molecule has 41 heavy (non-hydrogen) atoms. The fourth-order valence-corrected chi connectivity index (χ4v) is 5.75. The number of anilines is 1. The fourth-order valence-electron chi connectivity index (χ4n) is 5.08. The van der Waals surface area contributed by atoms with E-state index in [0.717, 1.165) is 37.4 Å². The highest BCUT2D eigenvalue weighted by Gasteiger charge is 2.34. The smallest absolute Gasteiger partial charge is 0.341 e. The number of H-pyrrole nitrogens is 1. The summed E-state index contributed by atoms with van der Waals surface area (Å²) < 4.78 is 11.5. The Morgan fingerprint density at radius 1 is 1.22 bits per heavy atom. The first kappa shape index (κ1) is 26.8. The number of carboxylic acids is 1. The zero-order valence-electron chi connectivity index (χ0n) is 22.1. The Bertz CT molecular complexity index is 1750. The third kappa shape index (κ3) is 5.23. The summed E-state index contributed by atoms with van der Waals surface area (Å²) >= 11 is 1.00. The molecule has 1 atom stereocenters. The number of aryl methyl sites for hydroxylation is 1. The zero-order valence-corrected chi connectivity index (χ0v) is 22.9. The SMILES string of the molecule is Cc1cc(N2CC(C(=O)NCC3CCCCO3)C2)nc2c1c(=O)c(C(=O)O)cn2-c1nc(-c2ccc(=O)[nH]c2)ns1. The minimum atomic E-state index is -1.37. The minimum Gasteiger partial charge on any atom is -0.477 e. The average Bonchev–Trinajstić information content (AvgIpc) is 3.42. The van der Waals surface area contributed by atoms with Crippen molar-refractivity contribution in [2.75, 3.05) is 31.1 Å². The van der Waals surface area contributed by atoms with Crippen molar-refractivity contribution < 1.29 is 19.4 Å². The van der Waals surface area contributed by atoms with Gasteiger partial charge in [0.2, 0.25) is 22.0 Å². The first-order valence-electron chi connectivity index (χ1n) is 13.3. The number of nitrogens with one attached hydrogen (secondary N) is 2. The Hall–Kier alpha value is -4.43. The molecule has 4 aromatic rings. The van der Waals surface area contributed by atoms with Crippen molar-refractivity contribution in [1.29, 1.82) is 0 Å². The summed E-state index contributed by atoms with van der Waals surface area (Å²) in [6.45, 7) is 3.88. The number of fused-ring (bicyclic) bond motifs is 1. The highest BCUT2D eigenvalue weighted by atomic mass is 32.1. The van der Waals surface area contributed by atoms with E-state index in [1.807, 2.05) is 4.90 Å². The number of pyridine rings is 3.